The molecule has 0 radical (unpaired) electrons. The summed E-state index contributed by atoms with van der Waals surface area (Å²) in [5, 5.41) is 1.56. The van der Waals surface area contributed by atoms with Gasteiger partial charge in [-0.15, -0.1) is 0 Å². The number of hydrogen-bond acceptors (Lipinski definition) is 2. The zero-order valence-corrected chi connectivity index (χ0v) is 10.7. The van der Waals surface area contributed by atoms with Crippen molar-refractivity contribution in [3.63, 3.8) is 0 Å². The van der Waals surface area contributed by atoms with E-state index in [0.717, 1.165) is 11.2 Å². The van der Waals surface area contributed by atoms with Crippen LogP contribution in [0.25, 0.3) is 10.9 Å². The molecule has 1 fully saturated rings. The number of aromatic nitrogens is 2. The highest BCUT2D eigenvalue weighted by Gasteiger charge is 2.21. The van der Waals surface area contributed by atoms with Gasteiger partial charge in [-0.2, -0.15) is 0 Å². The standard InChI is InChI=1S/C14H15ClN2/c1-9-6-7-12-11(8-9)13(17-14(15)16-12)10-4-2-3-5-10/h6-8,10H,2-5H2,1H3. The Hall–Kier alpha value is -1.15. The molecule has 1 aliphatic carbocycles. The van der Waals surface area contributed by atoms with Crippen molar-refractivity contribution in [2.24, 2.45) is 0 Å². The zero-order valence-electron chi connectivity index (χ0n) is 9.91. The highest BCUT2D eigenvalue weighted by Crippen LogP contribution is 2.36. The van der Waals surface area contributed by atoms with E-state index in [4.69, 9.17) is 11.6 Å². The third-order valence-electron chi connectivity index (χ3n) is 3.60. The SMILES string of the molecule is Cc1ccc2nc(Cl)nc(C3CCCC3)c2c1. The van der Waals surface area contributed by atoms with Crippen molar-refractivity contribution in [1.29, 1.82) is 0 Å². The Labute approximate surface area is 106 Å². The van der Waals surface area contributed by atoms with Crippen LogP contribution in [0.4, 0.5) is 0 Å². The number of aryl methyl sites for hydroxylation is 1. The Morgan fingerprint density at radius 2 is 1.94 bits per heavy atom. The van der Waals surface area contributed by atoms with E-state index in [1.54, 1.807) is 0 Å². The summed E-state index contributed by atoms with van der Waals surface area (Å²) < 4.78 is 0. The second kappa shape index (κ2) is 4.26. The number of benzene rings is 1. The third kappa shape index (κ3) is 2.02. The number of halogens is 1. The maximum atomic E-state index is 6.02. The maximum absolute atomic E-state index is 6.02. The van der Waals surface area contributed by atoms with Gasteiger partial charge in [0.25, 0.3) is 0 Å². The number of hydrogen-bond donors (Lipinski definition) is 0. The molecule has 0 saturated heterocycles. The number of nitrogens with zero attached hydrogens (tertiary/aromatic N) is 2. The molecule has 1 aromatic carbocycles. The average Bonchev–Trinajstić information content (AvgIpc) is 2.82. The summed E-state index contributed by atoms with van der Waals surface area (Å²) in [4.78, 5) is 8.78. The lowest BCUT2D eigenvalue weighted by Gasteiger charge is -2.12. The highest BCUT2D eigenvalue weighted by atomic mass is 35.5. The van der Waals surface area contributed by atoms with E-state index >= 15 is 0 Å². The van der Waals surface area contributed by atoms with Crippen LogP contribution in [0.1, 0.15) is 42.9 Å². The number of rotatable bonds is 1. The van der Waals surface area contributed by atoms with Crippen LogP contribution >= 0.6 is 11.6 Å². The zero-order chi connectivity index (χ0) is 11.8. The summed E-state index contributed by atoms with van der Waals surface area (Å²) in [6, 6.07) is 6.29. The fourth-order valence-electron chi connectivity index (χ4n) is 2.75. The topological polar surface area (TPSA) is 25.8 Å². The van der Waals surface area contributed by atoms with Gasteiger partial charge in [0.1, 0.15) is 0 Å². The largest absolute Gasteiger partial charge is 0.223 e. The van der Waals surface area contributed by atoms with Crippen molar-refractivity contribution in [3.8, 4) is 0 Å². The van der Waals surface area contributed by atoms with Gasteiger partial charge in [0.05, 0.1) is 11.2 Å². The minimum Gasteiger partial charge on any atom is -0.222 e. The first-order valence-corrected chi connectivity index (χ1v) is 6.55. The van der Waals surface area contributed by atoms with Crippen LogP contribution < -0.4 is 0 Å². The van der Waals surface area contributed by atoms with Crippen LogP contribution in [0.3, 0.4) is 0 Å². The van der Waals surface area contributed by atoms with Gasteiger partial charge in [-0.3, -0.25) is 0 Å². The van der Waals surface area contributed by atoms with Crippen molar-refractivity contribution in [1.82, 2.24) is 9.97 Å². The van der Waals surface area contributed by atoms with Gasteiger partial charge in [0.15, 0.2) is 0 Å². The van der Waals surface area contributed by atoms with Gasteiger partial charge in [-0.25, -0.2) is 9.97 Å². The van der Waals surface area contributed by atoms with Gasteiger partial charge in [-0.1, -0.05) is 24.5 Å². The number of fused-ring (bicyclic) bond motifs is 1. The molecule has 0 amide bonds. The Kier molecular flexibility index (Phi) is 2.75. The van der Waals surface area contributed by atoms with Crippen LogP contribution in [0.2, 0.25) is 5.28 Å². The molecular weight excluding hydrogens is 232 g/mol. The van der Waals surface area contributed by atoms with Crippen LogP contribution in [-0.4, -0.2) is 9.97 Å². The van der Waals surface area contributed by atoms with Crippen molar-refractivity contribution >= 4 is 22.5 Å². The first-order chi connectivity index (χ1) is 8.24. The molecule has 0 N–H and O–H groups in total. The van der Waals surface area contributed by atoms with Crippen LogP contribution in [-0.2, 0) is 0 Å². The summed E-state index contributed by atoms with van der Waals surface area (Å²) >= 11 is 6.02. The molecule has 3 heteroatoms. The van der Waals surface area contributed by atoms with E-state index in [1.165, 1.54) is 36.6 Å². The molecule has 17 heavy (non-hydrogen) atoms. The summed E-state index contributed by atoms with van der Waals surface area (Å²) in [6.45, 7) is 2.10. The molecule has 0 aliphatic heterocycles. The van der Waals surface area contributed by atoms with Crippen LogP contribution in [0.15, 0.2) is 18.2 Å². The quantitative estimate of drug-likeness (QED) is 0.703. The first-order valence-electron chi connectivity index (χ1n) is 6.18. The lowest BCUT2D eigenvalue weighted by molar-refractivity contribution is 0.702. The van der Waals surface area contributed by atoms with Gasteiger partial charge in [-0.05, 0) is 43.5 Å². The third-order valence-corrected chi connectivity index (χ3v) is 3.76. The van der Waals surface area contributed by atoms with E-state index in [2.05, 4.69) is 29.0 Å². The maximum Gasteiger partial charge on any atom is 0.223 e. The molecule has 1 aliphatic rings. The van der Waals surface area contributed by atoms with Crippen molar-refractivity contribution < 1.29 is 0 Å². The molecule has 2 nitrogen and oxygen atoms in total. The minimum absolute atomic E-state index is 0.378. The summed E-state index contributed by atoms with van der Waals surface area (Å²) in [7, 11) is 0. The van der Waals surface area contributed by atoms with Crippen molar-refractivity contribution in [2.45, 2.75) is 38.5 Å². The van der Waals surface area contributed by atoms with Gasteiger partial charge < -0.3 is 0 Å². The average molecular weight is 247 g/mol. The van der Waals surface area contributed by atoms with E-state index in [9.17, 15) is 0 Å². The molecule has 88 valence electrons. The molecule has 1 heterocycles. The van der Waals surface area contributed by atoms with Gasteiger partial charge in [0.2, 0.25) is 5.28 Å². The lowest BCUT2D eigenvalue weighted by atomic mass is 9.98. The van der Waals surface area contributed by atoms with Crippen LogP contribution in [0.5, 0.6) is 0 Å². The van der Waals surface area contributed by atoms with Crippen molar-refractivity contribution in [3.05, 3.63) is 34.7 Å². The molecule has 0 bridgehead atoms. The summed E-state index contributed by atoms with van der Waals surface area (Å²) in [5.41, 5.74) is 3.38. The van der Waals surface area contributed by atoms with E-state index in [0.29, 0.717) is 11.2 Å². The smallest absolute Gasteiger partial charge is 0.222 e. The molecule has 1 aromatic heterocycles. The Balaban J connectivity index is 2.23. The van der Waals surface area contributed by atoms with Crippen molar-refractivity contribution in [2.75, 3.05) is 0 Å². The highest BCUT2D eigenvalue weighted by molar-refractivity contribution is 6.28. The molecular formula is C14H15ClN2. The van der Waals surface area contributed by atoms with Crippen LogP contribution in [0, 0.1) is 6.92 Å². The van der Waals surface area contributed by atoms with E-state index < -0.39 is 0 Å². The van der Waals surface area contributed by atoms with E-state index in [1.807, 2.05) is 6.07 Å². The summed E-state index contributed by atoms with van der Waals surface area (Å²) in [6.07, 6.45) is 5.08. The van der Waals surface area contributed by atoms with Gasteiger partial charge in [0, 0.05) is 11.3 Å². The second-order valence-corrected chi connectivity index (χ2v) is 5.22. The molecule has 0 spiro atoms. The van der Waals surface area contributed by atoms with Gasteiger partial charge >= 0.3 is 0 Å². The minimum atomic E-state index is 0.378. The molecule has 2 aromatic rings. The molecule has 0 unspecified atom stereocenters. The monoisotopic (exact) mass is 246 g/mol. The molecule has 0 atom stereocenters. The lowest BCUT2D eigenvalue weighted by Crippen LogP contribution is -2.00. The predicted octanol–water partition coefficient (Wildman–Crippen LogP) is 4.25. The fraction of sp³-hybridized carbons (Fsp3) is 0.429. The summed E-state index contributed by atoms with van der Waals surface area (Å²) in [5.74, 6) is 0.569. The normalized spacial score (nSPS) is 16.8. The second-order valence-electron chi connectivity index (χ2n) is 4.88. The molecule has 3 rings (SSSR count). The Morgan fingerprint density at radius 1 is 1.18 bits per heavy atom. The van der Waals surface area contributed by atoms with E-state index in [-0.39, 0.29) is 0 Å². The predicted molar refractivity (Wildman–Crippen MR) is 70.5 cm³/mol. The Bertz CT molecular complexity index is 559. The first kappa shape index (κ1) is 11.0. The fourth-order valence-corrected chi connectivity index (χ4v) is 2.93. The molecule has 1 saturated carbocycles. The Morgan fingerprint density at radius 3 is 2.71 bits per heavy atom.